The highest BCUT2D eigenvalue weighted by Gasteiger charge is 2.31. The maximum atomic E-state index is 13.6. The van der Waals surface area contributed by atoms with Crippen molar-refractivity contribution < 1.29 is 17.9 Å². The quantitative estimate of drug-likeness (QED) is 0.409. The van der Waals surface area contributed by atoms with Gasteiger partial charge in [-0.05, 0) is 35.7 Å². The molecular weight excluding hydrogens is 522 g/mol. The minimum absolute atomic E-state index is 0.0239. The first kappa shape index (κ1) is 27.9. The second kappa shape index (κ2) is 13.1. The molecule has 0 aliphatic carbocycles. The normalized spacial score (nSPS) is 15.5. The van der Waals surface area contributed by atoms with E-state index in [9.17, 15) is 13.2 Å². The van der Waals surface area contributed by atoms with E-state index >= 15 is 0 Å². The number of hydrogen-bond acceptors (Lipinski definition) is 5. The smallest absolute Gasteiger partial charge is 0.241 e. The number of carbonyl (C=O) groups is 1. The van der Waals surface area contributed by atoms with Crippen molar-refractivity contribution in [2.24, 2.45) is 0 Å². The molecule has 200 valence electrons. The summed E-state index contributed by atoms with van der Waals surface area (Å²) in [4.78, 5) is 17.6. The first-order valence-corrected chi connectivity index (χ1v) is 14.3. The Hall–Kier alpha value is -3.17. The summed E-state index contributed by atoms with van der Waals surface area (Å²) in [7, 11) is -2.56. The molecule has 0 saturated carbocycles. The number of methoxy groups -OCH3 is 1. The van der Waals surface area contributed by atoms with Crippen molar-refractivity contribution in [3.63, 3.8) is 0 Å². The summed E-state index contributed by atoms with van der Waals surface area (Å²) >= 11 is 6.17. The molecule has 1 amide bonds. The lowest BCUT2D eigenvalue weighted by atomic mass is 10.1. The molecule has 0 spiro atoms. The lowest BCUT2D eigenvalue weighted by Gasteiger charge is -2.36. The summed E-state index contributed by atoms with van der Waals surface area (Å²) in [6, 6.07) is 22.8. The first-order valence-electron chi connectivity index (χ1n) is 12.5. The van der Waals surface area contributed by atoms with Crippen molar-refractivity contribution in [2.45, 2.75) is 17.4 Å². The van der Waals surface area contributed by atoms with Crippen LogP contribution in [0.3, 0.4) is 0 Å². The van der Waals surface area contributed by atoms with Crippen molar-refractivity contribution in [3.05, 3.63) is 101 Å². The van der Waals surface area contributed by atoms with Crippen LogP contribution in [-0.2, 0) is 21.2 Å². The number of ether oxygens (including phenoxy) is 1. The Morgan fingerprint density at radius 3 is 2.29 bits per heavy atom. The number of sulfonamides is 1. The van der Waals surface area contributed by atoms with Gasteiger partial charge in [0.2, 0.25) is 15.9 Å². The second-order valence-electron chi connectivity index (χ2n) is 9.10. The van der Waals surface area contributed by atoms with Gasteiger partial charge in [0.15, 0.2) is 0 Å². The van der Waals surface area contributed by atoms with Gasteiger partial charge in [-0.3, -0.25) is 9.69 Å². The number of benzene rings is 3. The van der Waals surface area contributed by atoms with Gasteiger partial charge in [0.25, 0.3) is 0 Å². The zero-order chi connectivity index (χ0) is 27.0. The molecule has 1 aliphatic rings. The fourth-order valence-electron chi connectivity index (χ4n) is 4.37. The zero-order valence-electron chi connectivity index (χ0n) is 21.3. The number of piperazine rings is 1. The fraction of sp³-hybridized carbons (Fsp3) is 0.276. The number of amides is 1. The van der Waals surface area contributed by atoms with E-state index in [-0.39, 0.29) is 22.2 Å². The monoisotopic (exact) mass is 553 g/mol. The van der Waals surface area contributed by atoms with E-state index in [1.165, 1.54) is 25.3 Å². The van der Waals surface area contributed by atoms with Crippen molar-refractivity contribution in [1.29, 1.82) is 0 Å². The van der Waals surface area contributed by atoms with Crippen LogP contribution < -0.4 is 9.46 Å². The van der Waals surface area contributed by atoms with Crippen LogP contribution in [0.5, 0.6) is 5.75 Å². The highest BCUT2D eigenvalue weighted by atomic mass is 35.5. The van der Waals surface area contributed by atoms with Gasteiger partial charge in [-0.2, -0.15) is 4.72 Å². The maximum absolute atomic E-state index is 13.6. The van der Waals surface area contributed by atoms with E-state index in [1.807, 2.05) is 48.5 Å². The van der Waals surface area contributed by atoms with Crippen LogP contribution in [0.2, 0.25) is 5.02 Å². The number of rotatable bonds is 10. The summed E-state index contributed by atoms with van der Waals surface area (Å²) in [5.41, 5.74) is 2.02. The Balaban J connectivity index is 1.43. The van der Waals surface area contributed by atoms with Crippen LogP contribution in [0.25, 0.3) is 6.08 Å². The van der Waals surface area contributed by atoms with Gasteiger partial charge in [-0.15, -0.1) is 0 Å². The molecule has 0 bridgehead atoms. The molecule has 38 heavy (non-hydrogen) atoms. The molecule has 1 N–H and O–H groups in total. The number of nitrogens with zero attached hydrogens (tertiary/aromatic N) is 2. The molecule has 1 heterocycles. The first-order chi connectivity index (χ1) is 18.4. The van der Waals surface area contributed by atoms with Crippen LogP contribution in [0.4, 0.5) is 0 Å². The molecule has 1 fully saturated rings. The molecule has 7 nitrogen and oxygen atoms in total. The summed E-state index contributed by atoms with van der Waals surface area (Å²) in [6.07, 6.45) is 4.45. The van der Waals surface area contributed by atoms with Crippen LogP contribution in [0, 0.1) is 0 Å². The predicted octanol–water partition coefficient (Wildman–Crippen LogP) is 4.10. The molecular formula is C29H32ClN3O4S. The van der Waals surface area contributed by atoms with Crippen molar-refractivity contribution in [2.75, 3.05) is 39.8 Å². The van der Waals surface area contributed by atoms with Gasteiger partial charge in [-0.1, -0.05) is 84.4 Å². The third kappa shape index (κ3) is 7.45. The second-order valence-corrected chi connectivity index (χ2v) is 11.2. The Kier molecular flexibility index (Phi) is 9.58. The molecule has 3 aromatic rings. The molecule has 0 radical (unpaired) electrons. The molecule has 3 aromatic carbocycles. The predicted molar refractivity (Wildman–Crippen MR) is 151 cm³/mol. The minimum atomic E-state index is -4.02. The summed E-state index contributed by atoms with van der Waals surface area (Å²) in [5.74, 6) is 0.135. The molecule has 1 aliphatic heterocycles. The largest absolute Gasteiger partial charge is 0.495 e. The van der Waals surface area contributed by atoms with E-state index in [1.54, 1.807) is 4.90 Å². The topological polar surface area (TPSA) is 78.9 Å². The zero-order valence-corrected chi connectivity index (χ0v) is 22.9. The van der Waals surface area contributed by atoms with Crippen molar-refractivity contribution in [3.8, 4) is 5.75 Å². The van der Waals surface area contributed by atoms with E-state index in [4.69, 9.17) is 16.3 Å². The SMILES string of the molecule is COc1ccc(S(=O)(=O)N[C@H](Cc2ccccc2)C(=O)N2CCN(C/C=C/c3ccccc3)CC2)cc1Cl. The highest BCUT2D eigenvalue weighted by Crippen LogP contribution is 2.27. The van der Waals surface area contributed by atoms with Gasteiger partial charge in [0.05, 0.1) is 17.0 Å². The molecule has 1 saturated heterocycles. The van der Waals surface area contributed by atoms with Gasteiger partial charge in [-0.25, -0.2) is 8.42 Å². The number of carbonyl (C=O) groups excluding carboxylic acids is 1. The fourth-order valence-corrected chi connectivity index (χ4v) is 5.91. The lowest BCUT2D eigenvalue weighted by molar-refractivity contribution is -0.134. The molecule has 4 rings (SSSR count). The standard InChI is InChI=1S/C29H32ClN3O4S/c1-37-28-15-14-25(22-26(28)30)38(35,36)31-27(21-24-11-6-3-7-12-24)29(34)33-19-17-32(18-20-33)16-8-13-23-9-4-2-5-10-23/h2-15,22,27,31H,16-21H2,1H3/b13-8+/t27-/m1/s1. The molecule has 0 unspecified atom stereocenters. The average molecular weight is 554 g/mol. The Bertz CT molecular complexity index is 1340. The summed E-state index contributed by atoms with van der Waals surface area (Å²) in [6.45, 7) is 3.27. The molecule has 1 atom stereocenters. The van der Waals surface area contributed by atoms with Crippen LogP contribution >= 0.6 is 11.6 Å². The average Bonchev–Trinajstić information content (AvgIpc) is 2.94. The van der Waals surface area contributed by atoms with Crippen LogP contribution in [0.1, 0.15) is 11.1 Å². The number of halogens is 1. The third-order valence-corrected chi connectivity index (χ3v) is 8.23. The number of nitrogens with one attached hydrogen (secondary N) is 1. The van der Waals surface area contributed by atoms with Gasteiger partial charge in [0, 0.05) is 32.7 Å². The molecule has 9 heteroatoms. The van der Waals surface area contributed by atoms with E-state index < -0.39 is 16.1 Å². The lowest BCUT2D eigenvalue weighted by Crippen LogP contribution is -2.55. The summed E-state index contributed by atoms with van der Waals surface area (Å²) in [5, 5.41) is 0.179. The minimum Gasteiger partial charge on any atom is -0.495 e. The van der Waals surface area contributed by atoms with Crippen molar-refractivity contribution >= 4 is 33.6 Å². The Morgan fingerprint density at radius 1 is 1.00 bits per heavy atom. The Labute approximate surface area is 229 Å². The maximum Gasteiger partial charge on any atom is 0.241 e. The van der Waals surface area contributed by atoms with Crippen LogP contribution in [-0.4, -0.2) is 70.0 Å². The van der Waals surface area contributed by atoms with Gasteiger partial charge < -0.3 is 9.64 Å². The Morgan fingerprint density at radius 2 is 1.66 bits per heavy atom. The number of hydrogen-bond donors (Lipinski definition) is 1. The van der Waals surface area contributed by atoms with Gasteiger partial charge >= 0.3 is 0 Å². The van der Waals surface area contributed by atoms with E-state index in [2.05, 4.69) is 33.9 Å². The van der Waals surface area contributed by atoms with Crippen molar-refractivity contribution in [1.82, 2.24) is 14.5 Å². The van der Waals surface area contributed by atoms with Gasteiger partial charge in [0.1, 0.15) is 11.8 Å². The van der Waals surface area contributed by atoms with E-state index in [0.29, 0.717) is 31.9 Å². The third-order valence-electron chi connectivity index (χ3n) is 6.47. The molecule has 0 aromatic heterocycles. The summed E-state index contributed by atoms with van der Waals surface area (Å²) < 4.78 is 34.3. The van der Waals surface area contributed by atoms with E-state index in [0.717, 1.165) is 17.7 Å². The van der Waals surface area contributed by atoms with Crippen LogP contribution in [0.15, 0.2) is 89.8 Å². The highest BCUT2D eigenvalue weighted by molar-refractivity contribution is 7.89.